The zero-order chi connectivity index (χ0) is 19.2. The molecule has 2 heterocycles. The number of fused-ring (bicyclic) bond motifs is 2. The molecule has 1 fully saturated rings. The third-order valence-electron chi connectivity index (χ3n) is 5.53. The summed E-state index contributed by atoms with van der Waals surface area (Å²) in [5.74, 6) is 2.93. The van der Waals surface area contributed by atoms with Gasteiger partial charge in [-0.05, 0) is 48.6 Å². The zero-order valence-corrected chi connectivity index (χ0v) is 15.8. The van der Waals surface area contributed by atoms with E-state index in [1.54, 1.807) is 0 Å². The number of hydrogen-bond donors (Lipinski definition) is 2. The van der Waals surface area contributed by atoms with E-state index in [0.717, 1.165) is 44.8 Å². The molecule has 0 unspecified atom stereocenters. The van der Waals surface area contributed by atoms with Crippen LogP contribution in [-0.2, 0) is 0 Å². The van der Waals surface area contributed by atoms with Crippen LogP contribution < -0.4 is 5.32 Å². The molecule has 1 saturated carbocycles. The number of aromatic amines is 1. The second-order valence-electron chi connectivity index (χ2n) is 7.52. The molecular formula is C24H19N5. The predicted molar refractivity (Wildman–Crippen MR) is 116 cm³/mol. The van der Waals surface area contributed by atoms with Gasteiger partial charge in [0, 0.05) is 16.3 Å². The molecule has 0 aliphatic heterocycles. The van der Waals surface area contributed by atoms with Crippen LogP contribution in [0.1, 0.15) is 24.3 Å². The van der Waals surface area contributed by atoms with Crippen LogP contribution in [0.25, 0.3) is 33.2 Å². The van der Waals surface area contributed by atoms with Gasteiger partial charge in [-0.15, -0.1) is 0 Å². The van der Waals surface area contributed by atoms with Gasteiger partial charge in [0.15, 0.2) is 11.6 Å². The first kappa shape index (κ1) is 16.2. The molecule has 2 N–H and O–H groups in total. The lowest BCUT2D eigenvalue weighted by Crippen LogP contribution is -2.01. The molecule has 0 saturated heterocycles. The van der Waals surface area contributed by atoms with E-state index in [1.807, 2.05) is 48.5 Å². The minimum Gasteiger partial charge on any atom is -0.322 e. The van der Waals surface area contributed by atoms with Crippen molar-refractivity contribution in [2.24, 2.45) is 0 Å². The molecule has 5 aromatic rings. The molecule has 0 bridgehead atoms. The van der Waals surface area contributed by atoms with Crippen LogP contribution >= 0.6 is 0 Å². The maximum Gasteiger partial charge on any atom is 0.162 e. The van der Waals surface area contributed by atoms with Crippen LogP contribution in [0.3, 0.4) is 0 Å². The second-order valence-corrected chi connectivity index (χ2v) is 7.52. The van der Waals surface area contributed by atoms with Crippen molar-refractivity contribution in [3.63, 3.8) is 0 Å². The molecule has 5 heteroatoms. The number of anilines is 2. The molecule has 29 heavy (non-hydrogen) atoms. The van der Waals surface area contributed by atoms with Crippen molar-refractivity contribution in [2.75, 3.05) is 5.32 Å². The van der Waals surface area contributed by atoms with Gasteiger partial charge in [0.1, 0.15) is 5.82 Å². The quantitative estimate of drug-likeness (QED) is 0.416. The van der Waals surface area contributed by atoms with E-state index in [9.17, 15) is 0 Å². The number of para-hydroxylation sites is 2. The fraction of sp³-hybridized carbons (Fsp3) is 0.125. The molecule has 6 rings (SSSR count). The Morgan fingerprint density at radius 1 is 0.759 bits per heavy atom. The summed E-state index contributed by atoms with van der Waals surface area (Å²) in [5, 5.41) is 13.0. The first-order valence-corrected chi connectivity index (χ1v) is 9.93. The average molecular weight is 377 g/mol. The van der Waals surface area contributed by atoms with Gasteiger partial charge in [-0.2, -0.15) is 5.10 Å². The lowest BCUT2D eigenvalue weighted by atomic mass is 10.0. The Labute approximate surface area is 167 Å². The number of nitrogens with one attached hydrogen (secondary N) is 2. The van der Waals surface area contributed by atoms with Crippen LogP contribution in [0.15, 0.2) is 72.8 Å². The number of benzene rings is 3. The van der Waals surface area contributed by atoms with Gasteiger partial charge in [-0.1, -0.05) is 48.5 Å². The zero-order valence-electron chi connectivity index (χ0n) is 15.8. The Morgan fingerprint density at radius 3 is 2.41 bits per heavy atom. The standard InChI is InChI=1S/C24H19N5/c1-2-8-17(16(7-1)15-13-14-15)22-25-20-11-5-3-9-18(20)23(26-22)27-24-19-10-4-6-12-21(19)28-29-24/h1-12,15H,13-14H2,(H2,25,26,27,28,29). The Balaban J connectivity index is 1.53. The number of rotatable bonds is 4. The summed E-state index contributed by atoms with van der Waals surface area (Å²) in [7, 11) is 0. The Bertz CT molecular complexity index is 1350. The van der Waals surface area contributed by atoms with Gasteiger partial charge >= 0.3 is 0 Å². The van der Waals surface area contributed by atoms with E-state index in [0.29, 0.717) is 5.92 Å². The maximum absolute atomic E-state index is 4.95. The van der Waals surface area contributed by atoms with Gasteiger partial charge in [-0.3, -0.25) is 5.10 Å². The highest BCUT2D eigenvalue weighted by atomic mass is 15.2. The summed E-state index contributed by atoms with van der Waals surface area (Å²) in [6, 6.07) is 24.7. The van der Waals surface area contributed by atoms with Crippen molar-refractivity contribution in [1.82, 2.24) is 20.2 Å². The third-order valence-corrected chi connectivity index (χ3v) is 5.53. The van der Waals surface area contributed by atoms with Crippen molar-refractivity contribution in [3.05, 3.63) is 78.4 Å². The molecule has 2 aromatic heterocycles. The summed E-state index contributed by atoms with van der Waals surface area (Å²) in [6.07, 6.45) is 2.49. The van der Waals surface area contributed by atoms with Crippen molar-refractivity contribution >= 4 is 33.4 Å². The van der Waals surface area contributed by atoms with E-state index in [4.69, 9.17) is 9.97 Å². The van der Waals surface area contributed by atoms with Gasteiger partial charge in [-0.25, -0.2) is 9.97 Å². The van der Waals surface area contributed by atoms with Crippen molar-refractivity contribution < 1.29 is 0 Å². The summed E-state index contributed by atoms with van der Waals surface area (Å²) in [6.45, 7) is 0. The number of hydrogen-bond acceptors (Lipinski definition) is 4. The molecule has 0 spiro atoms. The molecule has 5 nitrogen and oxygen atoms in total. The molecular weight excluding hydrogens is 358 g/mol. The van der Waals surface area contributed by atoms with Crippen molar-refractivity contribution in [2.45, 2.75) is 18.8 Å². The lowest BCUT2D eigenvalue weighted by Gasteiger charge is -2.12. The summed E-state index contributed by atoms with van der Waals surface area (Å²) >= 11 is 0. The minimum absolute atomic E-state index is 0.632. The predicted octanol–water partition coefficient (Wildman–Crippen LogP) is 5.79. The van der Waals surface area contributed by atoms with E-state index in [-0.39, 0.29) is 0 Å². The molecule has 0 atom stereocenters. The SMILES string of the molecule is c1ccc(C2CC2)c(-c2nc(Nc3n[nH]c4ccccc34)c3ccccc3n2)c1. The van der Waals surface area contributed by atoms with Crippen molar-refractivity contribution in [1.29, 1.82) is 0 Å². The molecule has 0 amide bonds. The number of H-pyrrole nitrogens is 1. The smallest absolute Gasteiger partial charge is 0.162 e. The third kappa shape index (κ3) is 2.83. The van der Waals surface area contributed by atoms with Crippen molar-refractivity contribution in [3.8, 4) is 11.4 Å². The summed E-state index contributed by atoms with van der Waals surface area (Å²) in [5.41, 5.74) is 4.38. The molecule has 3 aromatic carbocycles. The highest BCUT2D eigenvalue weighted by Gasteiger charge is 2.27. The van der Waals surface area contributed by atoms with Gasteiger partial charge < -0.3 is 5.32 Å². The van der Waals surface area contributed by atoms with Crippen LogP contribution in [-0.4, -0.2) is 20.2 Å². The number of aromatic nitrogens is 4. The molecule has 0 radical (unpaired) electrons. The molecule has 1 aliphatic carbocycles. The van der Waals surface area contributed by atoms with E-state index < -0.39 is 0 Å². The number of nitrogens with zero attached hydrogens (tertiary/aromatic N) is 3. The molecule has 1 aliphatic rings. The first-order valence-electron chi connectivity index (χ1n) is 9.93. The van der Waals surface area contributed by atoms with Gasteiger partial charge in [0.05, 0.1) is 11.0 Å². The fourth-order valence-corrected chi connectivity index (χ4v) is 3.91. The highest BCUT2D eigenvalue weighted by molar-refractivity contribution is 5.96. The van der Waals surface area contributed by atoms with E-state index in [2.05, 4.69) is 39.8 Å². The van der Waals surface area contributed by atoms with Gasteiger partial charge in [0.2, 0.25) is 0 Å². The average Bonchev–Trinajstić information content (AvgIpc) is 3.55. The fourth-order valence-electron chi connectivity index (χ4n) is 3.91. The summed E-state index contributed by atoms with van der Waals surface area (Å²) < 4.78 is 0. The Hall–Kier alpha value is -3.73. The monoisotopic (exact) mass is 377 g/mol. The van der Waals surface area contributed by atoms with Crippen LogP contribution in [0.4, 0.5) is 11.6 Å². The van der Waals surface area contributed by atoms with Crippen LogP contribution in [0.2, 0.25) is 0 Å². The van der Waals surface area contributed by atoms with Gasteiger partial charge in [0.25, 0.3) is 0 Å². The van der Waals surface area contributed by atoms with E-state index >= 15 is 0 Å². The summed E-state index contributed by atoms with van der Waals surface area (Å²) in [4.78, 5) is 9.84. The topological polar surface area (TPSA) is 66.5 Å². The highest BCUT2D eigenvalue weighted by Crippen LogP contribution is 2.44. The van der Waals surface area contributed by atoms with Crippen LogP contribution in [0, 0.1) is 0 Å². The largest absolute Gasteiger partial charge is 0.322 e. The minimum atomic E-state index is 0.632. The first-order chi connectivity index (χ1) is 14.4. The lowest BCUT2D eigenvalue weighted by molar-refractivity contribution is 1.10. The van der Waals surface area contributed by atoms with Crippen LogP contribution in [0.5, 0.6) is 0 Å². The molecule has 140 valence electrons. The maximum atomic E-state index is 4.95. The normalized spacial score (nSPS) is 13.8. The second kappa shape index (κ2) is 6.41. The van der Waals surface area contributed by atoms with E-state index in [1.165, 1.54) is 18.4 Å². The Morgan fingerprint density at radius 2 is 1.52 bits per heavy atom. The Kier molecular flexibility index (Phi) is 3.59.